The van der Waals surface area contributed by atoms with Gasteiger partial charge in [0.05, 0.1) is 13.2 Å². The minimum atomic E-state index is -2.80. The molecule has 27 heavy (non-hydrogen) atoms. The first-order chi connectivity index (χ1) is 12.7. The highest BCUT2D eigenvalue weighted by molar-refractivity contribution is 5.85. The van der Waals surface area contributed by atoms with Crippen molar-refractivity contribution in [3.8, 4) is 0 Å². The molecule has 0 aromatic carbocycles. The van der Waals surface area contributed by atoms with Gasteiger partial charge in [0.1, 0.15) is 0 Å². The highest BCUT2D eigenvalue weighted by atomic mass is 16.8. The van der Waals surface area contributed by atoms with Crippen molar-refractivity contribution in [1.29, 1.82) is 0 Å². The summed E-state index contributed by atoms with van der Waals surface area (Å²) in [5.74, 6) is -7.46. The summed E-state index contributed by atoms with van der Waals surface area (Å²) in [6, 6.07) is 0. The molecule has 0 saturated carbocycles. The SMILES string of the molecule is C=CC(=O)OCC(OC(=O)C=C)(OC(=O)C=C)C(CO)(CO)OC(=O)C=C. The Hall–Kier alpha value is -3.24. The van der Waals surface area contributed by atoms with Crippen LogP contribution in [0.15, 0.2) is 50.6 Å². The van der Waals surface area contributed by atoms with Crippen LogP contribution in [0, 0.1) is 0 Å². The van der Waals surface area contributed by atoms with Crippen LogP contribution < -0.4 is 0 Å². The molecule has 0 bridgehead atoms. The van der Waals surface area contributed by atoms with Crippen molar-refractivity contribution in [1.82, 2.24) is 0 Å². The fourth-order valence-corrected chi connectivity index (χ4v) is 1.70. The van der Waals surface area contributed by atoms with Crippen LogP contribution in [0.2, 0.25) is 0 Å². The molecule has 0 aromatic heterocycles. The van der Waals surface area contributed by atoms with Crippen LogP contribution in [-0.2, 0) is 38.1 Å². The fourth-order valence-electron chi connectivity index (χ4n) is 1.70. The van der Waals surface area contributed by atoms with Gasteiger partial charge in [-0.25, -0.2) is 19.2 Å². The molecule has 0 heterocycles. The van der Waals surface area contributed by atoms with Crippen molar-refractivity contribution in [2.45, 2.75) is 11.4 Å². The van der Waals surface area contributed by atoms with E-state index in [9.17, 15) is 29.4 Å². The molecule has 0 rings (SSSR count). The van der Waals surface area contributed by atoms with Crippen LogP contribution in [0.4, 0.5) is 0 Å². The topological polar surface area (TPSA) is 146 Å². The average Bonchev–Trinajstić information content (AvgIpc) is 2.69. The largest absolute Gasteiger partial charge is 0.454 e. The summed E-state index contributed by atoms with van der Waals surface area (Å²) >= 11 is 0. The first-order valence-corrected chi connectivity index (χ1v) is 7.26. The maximum atomic E-state index is 11.8. The van der Waals surface area contributed by atoms with Crippen LogP contribution >= 0.6 is 0 Å². The summed E-state index contributed by atoms with van der Waals surface area (Å²) in [5.41, 5.74) is -2.59. The summed E-state index contributed by atoms with van der Waals surface area (Å²) in [6.45, 7) is 9.11. The molecule has 0 aliphatic carbocycles. The molecule has 0 aromatic rings. The van der Waals surface area contributed by atoms with Gasteiger partial charge in [-0.05, 0) is 0 Å². The predicted octanol–water partition coefficient (Wildman–Crippen LogP) is -0.677. The lowest BCUT2D eigenvalue weighted by Gasteiger charge is -2.44. The number of aliphatic hydroxyl groups excluding tert-OH is 2. The van der Waals surface area contributed by atoms with Crippen LogP contribution in [0.1, 0.15) is 0 Å². The smallest absolute Gasteiger partial charge is 0.335 e. The molecule has 0 aliphatic heterocycles. The number of ether oxygens (including phenoxy) is 4. The maximum absolute atomic E-state index is 11.8. The highest BCUT2D eigenvalue weighted by Crippen LogP contribution is 2.33. The zero-order chi connectivity index (χ0) is 21.1. The monoisotopic (exact) mass is 384 g/mol. The first-order valence-electron chi connectivity index (χ1n) is 7.26. The zero-order valence-electron chi connectivity index (χ0n) is 14.4. The molecule has 148 valence electrons. The van der Waals surface area contributed by atoms with Gasteiger partial charge in [0, 0.05) is 24.3 Å². The minimum absolute atomic E-state index is 0.653. The Morgan fingerprint density at radius 1 is 0.704 bits per heavy atom. The number of carbonyl (C=O) groups excluding carboxylic acids is 4. The van der Waals surface area contributed by atoms with E-state index in [-0.39, 0.29) is 0 Å². The number of hydrogen-bond acceptors (Lipinski definition) is 10. The molecular weight excluding hydrogens is 364 g/mol. The molecular formula is C17H20O10. The Morgan fingerprint density at radius 3 is 1.41 bits per heavy atom. The van der Waals surface area contributed by atoms with E-state index in [1.807, 2.05) is 0 Å². The van der Waals surface area contributed by atoms with Gasteiger partial charge in [0.25, 0.3) is 0 Å². The molecule has 0 fully saturated rings. The third-order valence-electron chi connectivity index (χ3n) is 3.10. The van der Waals surface area contributed by atoms with Crippen LogP contribution in [0.5, 0.6) is 0 Å². The fraction of sp³-hybridized carbons (Fsp3) is 0.294. The normalized spacial score (nSPS) is 10.7. The molecule has 0 aliphatic rings. The van der Waals surface area contributed by atoms with Gasteiger partial charge in [0.15, 0.2) is 6.61 Å². The van der Waals surface area contributed by atoms with E-state index >= 15 is 0 Å². The van der Waals surface area contributed by atoms with Gasteiger partial charge in [-0.3, -0.25) is 0 Å². The summed E-state index contributed by atoms with van der Waals surface area (Å²) in [4.78, 5) is 46.7. The molecule has 10 heteroatoms. The van der Waals surface area contributed by atoms with E-state index in [0.717, 1.165) is 6.08 Å². The molecule has 0 spiro atoms. The van der Waals surface area contributed by atoms with Crippen molar-refractivity contribution in [3.63, 3.8) is 0 Å². The molecule has 2 N–H and O–H groups in total. The Morgan fingerprint density at radius 2 is 1.07 bits per heavy atom. The lowest BCUT2D eigenvalue weighted by atomic mass is 9.93. The van der Waals surface area contributed by atoms with E-state index in [1.165, 1.54) is 0 Å². The van der Waals surface area contributed by atoms with E-state index in [0.29, 0.717) is 18.2 Å². The number of rotatable bonds is 12. The molecule has 10 nitrogen and oxygen atoms in total. The quantitative estimate of drug-likeness (QED) is 0.192. The van der Waals surface area contributed by atoms with Crippen molar-refractivity contribution in [2.24, 2.45) is 0 Å². The Bertz CT molecular complexity index is 608. The molecule has 0 atom stereocenters. The van der Waals surface area contributed by atoms with Gasteiger partial charge in [-0.15, -0.1) is 0 Å². The standard InChI is InChI=1S/C17H20O10/c1-5-12(20)24-11-17(26-14(22)7-3,27-15(23)8-4)16(9-18,10-19)25-13(21)6-2/h5-8,18-19H,1-4,9-11H2. The third kappa shape index (κ3) is 5.90. The van der Waals surface area contributed by atoms with Gasteiger partial charge in [0.2, 0.25) is 5.60 Å². The Balaban J connectivity index is 6.51. The number of esters is 4. The molecule has 0 unspecified atom stereocenters. The second-order valence-electron chi connectivity index (χ2n) is 4.75. The van der Waals surface area contributed by atoms with E-state index in [2.05, 4.69) is 26.3 Å². The third-order valence-corrected chi connectivity index (χ3v) is 3.10. The number of carbonyl (C=O) groups is 4. The second kappa shape index (κ2) is 10.7. The summed E-state index contributed by atoms with van der Waals surface area (Å²) in [6.07, 6.45) is 2.72. The van der Waals surface area contributed by atoms with Crippen LogP contribution in [0.3, 0.4) is 0 Å². The Labute approximate surface area is 155 Å². The highest BCUT2D eigenvalue weighted by Gasteiger charge is 2.62. The van der Waals surface area contributed by atoms with E-state index in [1.54, 1.807) is 0 Å². The lowest BCUT2D eigenvalue weighted by Crippen LogP contribution is -2.67. The first kappa shape index (κ1) is 23.8. The summed E-state index contributed by atoms with van der Waals surface area (Å²) < 4.78 is 19.6. The number of hydrogen-bond donors (Lipinski definition) is 2. The zero-order valence-corrected chi connectivity index (χ0v) is 14.4. The molecule has 0 radical (unpaired) electrons. The minimum Gasteiger partial charge on any atom is -0.454 e. The molecule has 0 amide bonds. The van der Waals surface area contributed by atoms with Crippen molar-refractivity contribution < 1.29 is 48.3 Å². The van der Waals surface area contributed by atoms with E-state index < -0.39 is 55.1 Å². The predicted molar refractivity (Wildman–Crippen MR) is 89.7 cm³/mol. The van der Waals surface area contributed by atoms with E-state index in [4.69, 9.17) is 18.9 Å². The molecule has 0 saturated heterocycles. The van der Waals surface area contributed by atoms with Crippen LogP contribution in [0.25, 0.3) is 0 Å². The van der Waals surface area contributed by atoms with Gasteiger partial charge in [-0.1, -0.05) is 26.3 Å². The average molecular weight is 384 g/mol. The summed E-state index contributed by atoms with van der Waals surface area (Å²) in [5, 5.41) is 19.6. The Kier molecular flexibility index (Phi) is 9.40. The van der Waals surface area contributed by atoms with Gasteiger partial charge < -0.3 is 29.2 Å². The van der Waals surface area contributed by atoms with Crippen molar-refractivity contribution >= 4 is 23.9 Å². The maximum Gasteiger partial charge on any atom is 0.335 e. The van der Waals surface area contributed by atoms with Crippen molar-refractivity contribution in [3.05, 3.63) is 50.6 Å². The van der Waals surface area contributed by atoms with Crippen molar-refractivity contribution in [2.75, 3.05) is 19.8 Å². The lowest BCUT2D eigenvalue weighted by molar-refractivity contribution is -0.318. The second-order valence-corrected chi connectivity index (χ2v) is 4.75. The van der Waals surface area contributed by atoms with Crippen LogP contribution in [-0.4, -0.2) is 65.3 Å². The number of aliphatic hydroxyl groups is 2. The van der Waals surface area contributed by atoms with Gasteiger partial charge in [-0.2, -0.15) is 0 Å². The summed E-state index contributed by atoms with van der Waals surface area (Å²) in [7, 11) is 0. The van der Waals surface area contributed by atoms with Gasteiger partial charge >= 0.3 is 29.7 Å².